The topological polar surface area (TPSA) is 36.1 Å². The molecule has 0 atom stereocenters. The van der Waals surface area contributed by atoms with Crippen LogP contribution in [0.5, 0.6) is 0 Å². The summed E-state index contributed by atoms with van der Waals surface area (Å²) in [5.74, 6) is 0. The molecule has 0 amide bonds. The van der Waals surface area contributed by atoms with Crippen molar-refractivity contribution in [2.45, 2.75) is 13.8 Å². The molecule has 3 N–H and O–H groups in total. The Bertz CT molecular complexity index is 611. The highest BCUT2D eigenvalue weighted by Crippen LogP contribution is 2.15. The van der Waals surface area contributed by atoms with Crippen molar-refractivity contribution in [3.8, 4) is 0 Å². The van der Waals surface area contributed by atoms with Crippen LogP contribution in [0.2, 0.25) is 5.02 Å². The van der Waals surface area contributed by atoms with Crippen molar-refractivity contribution in [2.24, 2.45) is 0 Å². The second kappa shape index (κ2) is 6.59. The van der Waals surface area contributed by atoms with Crippen molar-refractivity contribution in [1.29, 1.82) is 0 Å². The minimum Gasteiger partial charge on any atom is -0.331 e. The predicted octanol–water partition coefficient (Wildman–Crippen LogP) is 4.27. The molecule has 3 nitrogen and oxygen atoms in total. The van der Waals surface area contributed by atoms with Gasteiger partial charge < -0.3 is 5.32 Å². The molecule has 104 valence electrons. The first-order valence-corrected chi connectivity index (χ1v) is 6.99. The van der Waals surface area contributed by atoms with Crippen molar-refractivity contribution in [3.05, 3.63) is 58.6 Å². The summed E-state index contributed by atoms with van der Waals surface area (Å²) in [7, 11) is 0. The van der Waals surface area contributed by atoms with Gasteiger partial charge in [-0.1, -0.05) is 23.7 Å². The second-order valence-electron chi connectivity index (χ2n) is 4.53. The molecule has 0 aliphatic heterocycles. The minimum absolute atomic E-state index is 0.494. The second-order valence-corrected chi connectivity index (χ2v) is 5.37. The van der Waals surface area contributed by atoms with Crippen LogP contribution in [0.25, 0.3) is 0 Å². The highest BCUT2D eigenvalue weighted by molar-refractivity contribution is 7.80. The van der Waals surface area contributed by atoms with Gasteiger partial charge in [0, 0.05) is 10.7 Å². The van der Waals surface area contributed by atoms with Crippen LogP contribution < -0.4 is 16.2 Å². The maximum atomic E-state index is 5.83. The zero-order valence-corrected chi connectivity index (χ0v) is 12.9. The van der Waals surface area contributed by atoms with Gasteiger partial charge in [-0.25, -0.2) is 0 Å². The number of nitrogens with one attached hydrogen (secondary N) is 3. The molecule has 0 aliphatic carbocycles. The van der Waals surface area contributed by atoms with Gasteiger partial charge in [-0.15, -0.1) is 0 Å². The van der Waals surface area contributed by atoms with E-state index in [9.17, 15) is 0 Å². The van der Waals surface area contributed by atoms with Gasteiger partial charge in [0.1, 0.15) is 0 Å². The average molecular weight is 306 g/mol. The number of thiocarbonyl (C=S) groups is 1. The molecular weight excluding hydrogens is 290 g/mol. The molecule has 0 saturated carbocycles. The van der Waals surface area contributed by atoms with E-state index in [1.165, 1.54) is 5.56 Å². The lowest BCUT2D eigenvalue weighted by molar-refractivity contribution is 1.12. The summed E-state index contributed by atoms with van der Waals surface area (Å²) in [6.45, 7) is 4.09. The summed E-state index contributed by atoms with van der Waals surface area (Å²) in [5.41, 5.74) is 10.3. The van der Waals surface area contributed by atoms with E-state index in [-0.39, 0.29) is 0 Å². The molecule has 0 radical (unpaired) electrons. The Balaban J connectivity index is 1.92. The van der Waals surface area contributed by atoms with Crippen LogP contribution in [-0.4, -0.2) is 5.11 Å². The molecule has 20 heavy (non-hydrogen) atoms. The Morgan fingerprint density at radius 1 is 1.05 bits per heavy atom. The Labute approximate surface area is 129 Å². The fraction of sp³-hybridized carbons (Fsp3) is 0.133. The van der Waals surface area contributed by atoms with Crippen LogP contribution in [0, 0.1) is 13.8 Å². The van der Waals surface area contributed by atoms with Crippen molar-refractivity contribution in [1.82, 2.24) is 5.43 Å². The van der Waals surface area contributed by atoms with Crippen molar-refractivity contribution >= 4 is 40.3 Å². The lowest BCUT2D eigenvalue weighted by Gasteiger charge is -2.14. The lowest BCUT2D eigenvalue weighted by Crippen LogP contribution is -2.33. The van der Waals surface area contributed by atoms with Crippen LogP contribution in [0.3, 0.4) is 0 Å². The first-order valence-electron chi connectivity index (χ1n) is 6.20. The van der Waals surface area contributed by atoms with Crippen LogP contribution in [-0.2, 0) is 0 Å². The fourth-order valence-electron chi connectivity index (χ4n) is 1.69. The van der Waals surface area contributed by atoms with Gasteiger partial charge >= 0.3 is 0 Å². The quantitative estimate of drug-likeness (QED) is 0.584. The fourth-order valence-corrected chi connectivity index (χ4v) is 1.99. The molecule has 0 heterocycles. The molecule has 2 rings (SSSR count). The van der Waals surface area contributed by atoms with E-state index in [1.54, 1.807) is 0 Å². The van der Waals surface area contributed by atoms with E-state index in [2.05, 4.69) is 41.3 Å². The minimum atomic E-state index is 0.494. The Morgan fingerprint density at radius 2 is 1.75 bits per heavy atom. The van der Waals surface area contributed by atoms with E-state index >= 15 is 0 Å². The summed E-state index contributed by atoms with van der Waals surface area (Å²) < 4.78 is 0. The van der Waals surface area contributed by atoms with E-state index < -0.39 is 0 Å². The molecular formula is C15H16ClN3S. The van der Waals surface area contributed by atoms with Crippen molar-refractivity contribution in [3.63, 3.8) is 0 Å². The summed E-state index contributed by atoms with van der Waals surface area (Å²) in [4.78, 5) is 0. The van der Waals surface area contributed by atoms with Gasteiger partial charge in [-0.2, -0.15) is 0 Å². The van der Waals surface area contributed by atoms with E-state index in [1.807, 2.05) is 31.2 Å². The first kappa shape index (κ1) is 14.6. The molecule has 0 aromatic heterocycles. The third-order valence-electron chi connectivity index (χ3n) is 2.81. The summed E-state index contributed by atoms with van der Waals surface area (Å²) in [5, 5.41) is 4.26. The average Bonchev–Trinajstić information content (AvgIpc) is 2.42. The van der Waals surface area contributed by atoms with Gasteiger partial charge in [0.25, 0.3) is 0 Å². The third kappa shape index (κ3) is 4.11. The smallest absolute Gasteiger partial charge is 0.189 e. The molecule has 2 aromatic rings. The molecule has 0 fully saturated rings. The molecule has 0 unspecified atom stereocenters. The normalized spacial score (nSPS) is 9.95. The third-order valence-corrected chi connectivity index (χ3v) is 3.26. The molecule has 0 spiro atoms. The Morgan fingerprint density at radius 3 is 2.45 bits per heavy atom. The standard InChI is InChI=1S/C15H16ClN3S/c1-10-3-4-11(2)14(9-10)18-19-15(20)17-13-7-5-12(16)6-8-13/h3-9,18H,1-2H3,(H2,17,19,20). The van der Waals surface area contributed by atoms with E-state index in [4.69, 9.17) is 23.8 Å². The van der Waals surface area contributed by atoms with E-state index in [0.717, 1.165) is 16.9 Å². The van der Waals surface area contributed by atoms with Gasteiger partial charge in [0.15, 0.2) is 5.11 Å². The van der Waals surface area contributed by atoms with Crippen LogP contribution in [0.15, 0.2) is 42.5 Å². The molecule has 0 aliphatic rings. The number of benzene rings is 2. The predicted molar refractivity (Wildman–Crippen MR) is 90.3 cm³/mol. The summed E-state index contributed by atoms with van der Waals surface area (Å²) in [6.07, 6.45) is 0. The monoisotopic (exact) mass is 305 g/mol. The van der Waals surface area contributed by atoms with Crippen LogP contribution in [0.1, 0.15) is 11.1 Å². The van der Waals surface area contributed by atoms with Gasteiger partial charge in [0.2, 0.25) is 0 Å². The number of halogens is 1. The van der Waals surface area contributed by atoms with Gasteiger partial charge in [0.05, 0.1) is 5.69 Å². The number of anilines is 2. The van der Waals surface area contributed by atoms with Gasteiger partial charge in [-0.05, 0) is 67.5 Å². The number of aryl methyl sites for hydroxylation is 2. The maximum absolute atomic E-state index is 5.83. The van der Waals surface area contributed by atoms with E-state index in [0.29, 0.717) is 10.1 Å². The highest BCUT2D eigenvalue weighted by atomic mass is 35.5. The Hall–Kier alpha value is -1.78. The number of hydrogen-bond donors (Lipinski definition) is 3. The number of hydrogen-bond acceptors (Lipinski definition) is 2. The molecule has 0 bridgehead atoms. The zero-order valence-electron chi connectivity index (χ0n) is 11.3. The SMILES string of the molecule is Cc1ccc(C)c(NNC(=S)Nc2ccc(Cl)cc2)c1. The maximum Gasteiger partial charge on any atom is 0.189 e. The molecule has 0 saturated heterocycles. The van der Waals surface area contributed by atoms with Crippen LogP contribution in [0.4, 0.5) is 11.4 Å². The Kier molecular flexibility index (Phi) is 4.82. The van der Waals surface area contributed by atoms with Gasteiger partial charge in [-0.3, -0.25) is 10.9 Å². The zero-order chi connectivity index (χ0) is 14.5. The lowest BCUT2D eigenvalue weighted by atomic mass is 10.1. The molecule has 2 aromatic carbocycles. The van der Waals surface area contributed by atoms with Crippen molar-refractivity contribution < 1.29 is 0 Å². The summed E-state index contributed by atoms with van der Waals surface area (Å²) in [6, 6.07) is 13.6. The highest BCUT2D eigenvalue weighted by Gasteiger charge is 2.00. The number of rotatable bonds is 3. The first-order chi connectivity index (χ1) is 9.54. The van der Waals surface area contributed by atoms with Crippen LogP contribution >= 0.6 is 23.8 Å². The number of hydrazine groups is 1. The summed E-state index contributed by atoms with van der Waals surface area (Å²) >= 11 is 11.1. The molecule has 5 heteroatoms. The van der Waals surface area contributed by atoms with Crippen molar-refractivity contribution in [2.75, 3.05) is 10.7 Å². The largest absolute Gasteiger partial charge is 0.331 e.